The first-order valence-electron chi connectivity index (χ1n) is 7.75. The number of hydrogen-bond acceptors (Lipinski definition) is 4. The number of nitro groups is 1. The molecule has 0 radical (unpaired) electrons. The molecular weight excluding hydrogens is 383 g/mol. The summed E-state index contributed by atoms with van der Waals surface area (Å²) in [4.78, 5) is 10.3. The molecule has 27 heavy (non-hydrogen) atoms. The number of nitro benzene ring substituents is 1. The lowest BCUT2D eigenvalue weighted by atomic mass is 10.1. The minimum absolute atomic E-state index is 0.138. The number of nitrogens with one attached hydrogen (secondary N) is 2. The van der Waals surface area contributed by atoms with Crippen molar-refractivity contribution in [1.29, 1.82) is 0 Å². The highest BCUT2D eigenvalue weighted by atomic mass is 32.1. The highest BCUT2D eigenvalue weighted by Crippen LogP contribution is 2.27. The number of halogens is 3. The zero-order valence-corrected chi connectivity index (χ0v) is 14.9. The molecule has 0 bridgehead atoms. The predicted molar refractivity (Wildman–Crippen MR) is 98.9 cm³/mol. The van der Waals surface area contributed by atoms with E-state index in [0.29, 0.717) is 0 Å². The summed E-state index contributed by atoms with van der Waals surface area (Å²) in [5.41, 5.74) is 0.685. The quantitative estimate of drug-likeness (QED) is 0.421. The van der Waals surface area contributed by atoms with Crippen LogP contribution in [-0.4, -0.2) is 22.8 Å². The van der Waals surface area contributed by atoms with Gasteiger partial charge in [-0.2, -0.15) is 13.2 Å². The molecule has 0 aliphatic carbocycles. The molecule has 2 rings (SSSR count). The van der Waals surface area contributed by atoms with Crippen LogP contribution in [0.25, 0.3) is 0 Å². The molecule has 0 saturated carbocycles. The van der Waals surface area contributed by atoms with Gasteiger partial charge in [-0.3, -0.25) is 10.1 Å². The number of non-ortho nitro benzene ring substituents is 1. The average Bonchev–Trinajstić information content (AvgIpc) is 2.59. The van der Waals surface area contributed by atoms with Gasteiger partial charge in [-0.25, -0.2) is 0 Å². The first-order valence-corrected chi connectivity index (χ1v) is 8.16. The molecule has 0 fully saturated rings. The summed E-state index contributed by atoms with van der Waals surface area (Å²) >= 11 is 5.18. The molecule has 0 heterocycles. The van der Waals surface area contributed by atoms with E-state index in [0.717, 1.165) is 17.7 Å². The third-order valence-corrected chi connectivity index (χ3v) is 3.63. The van der Waals surface area contributed by atoms with Crippen LogP contribution in [0, 0.1) is 10.1 Å². The highest BCUT2D eigenvalue weighted by molar-refractivity contribution is 7.80. The van der Waals surface area contributed by atoms with Crippen LogP contribution < -0.4 is 15.4 Å². The Morgan fingerprint density at radius 3 is 2.52 bits per heavy atom. The fourth-order valence-electron chi connectivity index (χ4n) is 2.20. The molecule has 0 spiro atoms. The molecule has 1 unspecified atom stereocenters. The van der Waals surface area contributed by atoms with Crippen molar-refractivity contribution in [3.63, 3.8) is 0 Å². The fourth-order valence-corrected chi connectivity index (χ4v) is 2.49. The summed E-state index contributed by atoms with van der Waals surface area (Å²) in [6.07, 6.45) is -4.56. The minimum atomic E-state index is -4.56. The van der Waals surface area contributed by atoms with E-state index in [4.69, 9.17) is 12.2 Å². The summed E-state index contributed by atoms with van der Waals surface area (Å²) in [6.45, 7) is 0.315. The number of anilines is 1. The van der Waals surface area contributed by atoms with Crippen molar-refractivity contribution in [1.82, 2.24) is 5.32 Å². The van der Waals surface area contributed by atoms with Crippen LogP contribution in [0.4, 0.5) is 24.5 Å². The van der Waals surface area contributed by atoms with E-state index in [1.807, 2.05) is 37.3 Å². The van der Waals surface area contributed by atoms with Crippen LogP contribution >= 0.6 is 12.2 Å². The van der Waals surface area contributed by atoms with Gasteiger partial charge in [0.25, 0.3) is 5.69 Å². The zero-order chi connectivity index (χ0) is 20.0. The van der Waals surface area contributed by atoms with Crippen molar-refractivity contribution in [2.45, 2.75) is 19.1 Å². The number of thiocarbonyl (C=S) groups is 1. The molecule has 2 N–H and O–H groups in total. The third-order valence-electron chi connectivity index (χ3n) is 3.41. The van der Waals surface area contributed by atoms with Gasteiger partial charge in [-0.1, -0.05) is 30.3 Å². The first kappa shape index (κ1) is 20.4. The van der Waals surface area contributed by atoms with Gasteiger partial charge in [-0.15, -0.1) is 0 Å². The molecule has 144 valence electrons. The normalized spacial score (nSPS) is 12.1. The Bertz CT molecular complexity index is 816. The lowest BCUT2D eigenvalue weighted by molar-refractivity contribution is -0.384. The zero-order valence-electron chi connectivity index (χ0n) is 14.1. The Morgan fingerprint density at radius 2 is 1.93 bits per heavy atom. The predicted octanol–water partition coefficient (Wildman–Crippen LogP) is 4.58. The van der Waals surface area contributed by atoms with Crippen LogP contribution in [0.3, 0.4) is 0 Å². The summed E-state index contributed by atoms with van der Waals surface area (Å²) in [6, 6.07) is 12.5. The SMILES string of the molecule is CC(NC(=S)Nc1cc(OCC(F)(F)F)cc([N+](=O)[O-])c1)c1ccccc1. The molecule has 0 amide bonds. The Kier molecular flexibility index (Phi) is 6.56. The van der Waals surface area contributed by atoms with E-state index in [1.165, 1.54) is 6.07 Å². The van der Waals surface area contributed by atoms with E-state index in [2.05, 4.69) is 15.4 Å². The third kappa shape index (κ3) is 6.74. The highest BCUT2D eigenvalue weighted by Gasteiger charge is 2.28. The smallest absolute Gasteiger partial charge is 0.422 e. The Labute approximate surface area is 158 Å². The Morgan fingerprint density at radius 1 is 1.26 bits per heavy atom. The van der Waals surface area contributed by atoms with Crippen molar-refractivity contribution in [2.75, 3.05) is 11.9 Å². The van der Waals surface area contributed by atoms with Crippen molar-refractivity contribution in [2.24, 2.45) is 0 Å². The van der Waals surface area contributed by atoms with Crippen molar-refractivity contribution in [3.05, 3.63) is 64.2 Å². The maximum atomic E-state index is 12.3. The van der Waals surface area contributed by atoms with E-state index in [1.54, 1.807) is 0 Å². The summed E-state index contributed by atoms with van der Waals surface area (Å²) in [5, 5.41) is 16.9. The molecule has 6 nitrogen and oxygen atoms in total. The summed E-state index contributed by atoms with van der Waals surface area (Å²) < 4.78 is 41.5. The topological polar surface area (TPSA) is 76.4 Å². The van der Waals surface area contributed by atoms with Gasteiger partial charge in [-0.05, 0) is 24.7 Å². The van der Waals surface area contributed by atoms with E-state index in [-0.39, 0.29) is 22.6 Å². The standard InChI is InChI=1S/C17H16F3N3O3S/c1-11(12-5-3-2-4-6-12)21-16(27)22-13-7-14(23(24)25)9-15(8-13)26-10-17(18,19)20/h2-9,11H,10H2,1H3,(H2,21,22,27). The monoisotopic (exact) mass is 399 g/mol. The minimum Gasteiger partial charge on any atom is -0.484 e. The van der Waals surface area contributed by atoms with Crippen LogP contribution in [0.2, 0.25) is 0 Å². The van der Waals surface area contributed by atoms with Crippen LogP contribution in [0.15, 0.2) is 48.5 Å². The molecule has 0 aromatic heterocycles. The van der Waals surface area contributed by atoms with Gasteiger partial charge in [0.05, 0.1) is 22.7 Å². The van der Waals surface area contributed by atoms with Gasteiger partial charge in [0.15, 0.2) is 11.7 Å². The number of rotatable bonds is 6. The van der Waals surface area contributed by atoms with Crippen LogP contribution in [0.5, 0.6) is 5.75 Å². The largest absolute Gasteiger partial charge is 0.484 e. The van der Waals surface area contributed by atoms with E-state index in [9.17, 15) is 23.3 Å². The Hall–Kier alpha value is -2.88. The second-order valence-corrected chi connectivity index (χ2v) is 6.02. The molecule has 0 aliphatic rings. The van der Waals surface area contributed by atoms with Gasteiger partial charge in [0.2, 0.25) is 0 Å². The molecule has 2 aromatic carbocycles. The molecule has 10 heteroatoms. The van der Waals surface area contributed by atoms with Gasteiger partial charge in [0.1, 0.15) is 5.75 Å². The molecule has 1 atom stereocenters. The molecule has 2 aromatic rings. The second kappa shape index (κ2) is 8.67. The van der Waals surface area contributed by atoms with Gasteiger partial charge >= 0.3 is 6.18 Å². The maximum Gasteiger partial charge on any atom is 0.422 e. The van der Waals surface area contributed by atoms with Gasteiger partial charge in [0, 0.05) is 12.1 Å². The second-order valence-electron chi connectivity index (χ2n) is 5.61. The van der Waals surface area contributed by atoms with E-state index < -0.39 is 23.4 Å². The number of benzene rings is 2. The van der Waals surface area contributed by atoms with E-state index >= 15 is 0 Å². The lowest BCUT2D eigenvalue weighted by Crippen LogP contribution is -2.30. The van der Waals surface area contributed by atoms with Crippen LogP contribution in [0.1, 0.15) is 18.5 Å². The molecular formula is C17H16F3N3O3S. The summed E-state index contributed by atoms with van der Waals surface area (Å²) in [5.74, 6) is -0.289. The number of alkyl halides is 3. The number of hydrogen-bond donors (Lipinski definition) is 2. The average molecular weight is 399 g/mol. The van der Waals surface area contributed by atoms with Crippen molar-refractivity contribution < 1.29 is 22.8 Å². The number of nitrogens with zero attached hydrogens (tertiary/aromatic N) is 1. The summed E-state index contributed by atoms with van der Waals surface area (Å²) in [7, 11) is 0. The molecule has 0 saturated heterocycles. The Balaban J connectivity index is 2.10. The first-order chi connectivity index (χ1) is 12.6. The number of ether oxygens (including phenoxy) is 1. The lowest BCUT2D eigenvalue weighted by Gasteiger charge is -2.18. The van der Waals surface area contributed by atoms with Crippen molar-refractivity contribution >= 4 is 28.7 Å². The van der Waals surface area contributed by atoms with Crippen molar-refractivity contribution in [3.8, 4) is 5.75 Å². The fraction of sp³-hybridized carbons (Fsp3) is 0.235. The molecule has 0 aliphatic heterocycles. The maximum absolute atomic E-state index is 12.3. The van der Waals surface area contributed by atoms with Gasteiger partial charge < -0.3 is 15.4 Å². The van der Waals surface area contributed by atoms with Crippen LogP contribution in [-0.2, 0) is 0 Å².